The molecule has 1 aliphatic heterocycles. The Morgan fingerprint density at radius 2 is 1.89 bits per heavy atom. The van der Waals surface area contributed by atoms with Gasteiger partial charge in [0.05, 0.1) is 31.3 Å². The van der Waals surface area contributed by atoms with Crippen molar-refractivity contribution in [1.82, 2.24) is 5.32 Å². The Bertz CT molecular complexity index is 305. The Hall–Kier alpha value is -0.170. The van der Waals surface area contributed by atoms with Gasteiger partial charge < -0.3 is 14.8 Å². The van der Waals surface area contributed by atoms with Crippen LogP contribution in [0, 0.1) is 0 Å². The Labute approximate surface area is 110 Å². The number of hydrogen-bond acceptors (Lipinski definition) is 5. The number of sulfone groups is 1. The van der Waals surface area contributed by atoms with E-state index in [-0.39, 0.29) is 11.8 Å². The van der Waals surface area contributed by atoms with Gasteiger partial charge in [-0.2, -0.15) is 0 Å². The molecule has 0 aromatic rings. The van der Waals surface area contributed by atoms with Gasteiger partial charge in [0.1, 0.15) is 0 Å². The van der Waals surface area contributed by atoms with Gasteiger partial charge in [0.15, 0.2) is 9.84 Å². The summed E-state index contributed by atoms with van der Waals surface area (Å²) >= 11 is 0. The van der Waals surface area contributed by atoms with Crippen molar-refractivity contribution >= 4 is 9.84 Å². The van der Waals surface area contributed by atoms with Crippen molar-refractivity contribution in [2.24, 2.45) is 0 Å². The highest BCUT2D eigenvalue weighted by molar-refractivity contribution is 7.91. The van der Waals surface area contributed by atoms with Crippen LogP contribution < -0.4 is 5.32 Å². The fourth-order valence-corrected chi connectivity index (χ4v) is 3.57. The minimum absolute atomic E-state index is 0.111. The minimum Gasteiger partial charge on any atom is -0.379 e. The van der Waals surface area contributed by atoms with Gasteiger partial charge in [-0.3, -0.25) is 0 Å². The SMILES string of the molecule is CCCCOCCOCCNC1CCS(=O)(=O)C1. The molecule has 108 valence electrons. The summed E-state index contributed by atoms with van der Waals surface area (Å²) in [6.45, 7) is 5.49. The maximum atomic E-state index is 11.2. The average molecular weight is 279 g/mol. The first-order valence-electron chi connectivity index (χ1n) is 6.73. The fraction of sp³-hybridized carbons (Fsp3) is 1.00. The Morgan fingerprint density at radius 3 is 2.50 bits per heavy atom. The van der Waals surface area contributed by atoms with Crippen LogP contribution in [-0.2, 0) is 19.3 Å². The highest BCUT2D eigenvalue weighted by Crippen LogP contribution is 2.10. The van der Waals surface area contributed by atoms with Crippen LogP contribution in [0.1, 0.15) is 26.2 Å². The maximum absolute atomic E-state index is 11.2. The molecule has 0 spiro atoms. The van der Waals surface area contributed by atoms with Crippen molar-refractivity contribution < 1.29 is 17.9 Å². The van der Waals surface area contributed by atoms with Crippen molar-refractivity contribution in [1.29, 1.82) is 0 Å². The molecular weight excluding hydrogens is 254 g/mol. The smallest absolute Gasteiger partial charge is 0.151 e. The van der Waals surface area contributed by atoms with Crippen LogP contribution in [0.25, 0.3) is 0 Å². The first kappa shape index (κ1) is 15.9. The normalized spacial score (nSPS) is 22.4. The predicted octanol–water partition coefficient (Wildman–Crippen LogP) is 0.596. The molecule has 0 aromatic carbocycles. The lowest BCUT2D eigenvalue weighted by molar-refractivity contribution is 0.0473. The van der Waals surface area contributed by atoms with E-state index in [1.54, 1.807) is 0 Å². The summed E-state index contributed by atoms with van der Waals surface area (Å²) in [7, 11) is -2.78. The molecule has 18 heavy (non-hydrogen) atoms. The summed E-state index contributed by atoms with van der Waals surface area (Å²) in [5.74, 6) is 0.587. The third-order valence-corrected chi connectivity index (χ3v) is 4.69. The van der Waals surface area contributed by atoms with E-state index < -0.39 is 9.84 Å². The molecule has 1 atom stereocenters. The number of ether oxygens (including phenoxy) is 2. The van der Waals surface area contributed by atoms with Crippen LogP contribution in [0.15, 0.2) is 0 Å². The van der Waals surface area contributed by atoms with E-state index in [0.717, 1.165) is 25.9 Å². The summed E-state index contributed by atoms with van der Waals surface area (Å²) in [5, 5.41) is 3.20. The van der Waals surface area contributed by atoms with E-state index in [4.69, 9.17) is 9.47 Å². The van der Waals surface area contributed by atoms with Crippen molar-refractivity contribution in [3.8, 4) is 0 Å². The van der Waals surface area contributed by atoms with E-state index in [9.17, 15) is 8.42 Å². The summed E-state index contributed by atoms with van der Waals surface area (Å²) in [6.07, 6.45) is 2.97. The molecule has 0 aromatic heterocycles. The van der Waals surface area contributed by atoms with Gasteiger partial charge in [-0.1, -0.05) is 13.3 Å². The van der Waals surface area contributed by atoms with Gasteiger partial charge in [0, 0.05) is 19.2 Å². The lowest BCUT2D eigenvalue weighted by Gasteiger charge is -2.10. The molecule has 1 aliphatic rings. The molecule has 1 fully saturated rings. The summed E-state index contributed by atoms with van der Waals surface area (Å²) in [6, 6.07) is 0.111. The van der Waals surface area contributed by atoms with Gasteiger partial charge in [0.2, 0.25) is 0 Å². The molecule has 0 saturated carbocycles. The number of nitrogens with one attached hydrogen (secondary N) is 1. The largest absolute Gasteiger partial charge is 0.379 e. The third-order valence-electron chi connectivity index (χ3n) is 2.93. The lowest BCUT2D eigenvalue weighted by Crippen LogP contribution is -2.33. The number of rotatable bonds is 10. The van der Waals surface area contributed by atoms with Crippen LogP contribution in [0.5, 0.6) is 0 Å². The topological polar surface area (TPSA) is 64.6 Å². The molecule has 1 heterocycles. The van der Waals surface area contributed by atoms with Crippen LogP contribution in [0.4, 0.5) is 0 Å². The predicted molar refractivity (Wildman–Crippen MR) is 71.6 cm³/mol. The first-order chi connectivity index (χ1) is 8.64. The second kappa shape index (κ2) is 8.85. The molecule has 0 radical (unpaired) electrons. The van der Waals surface area contributed by atoms with E-state index >= 15 is 0 Å². The van der Waals surface area contributed by atoms with Crippen LogP contribution >= 0.6 is 0 Å². The molecule has 6 heteroatoms. The van der Waals surface area contributed by atoms with Gasteiger partial charge >= 0.3 is 0 Å². The van der Waals surface area contributed by atoms with Gasteiger partial charge in [-0.15, -0.1) is 0 Å². The van der Waals surface area contributed by atoms with E-state index in [0.29, 0.717) is 32.1 Å². The van der Waals surface area contributed by atoms with Crippen LogP contribution in [-0.4, -0.2) is 58.9 Å². The Kier molecular flexibility index (Phi) is 7.81. The summed E-state index contributed by atoms with van der Waals surface area (Å²) < 4.78 is 33.2. The van der Waals surface area contributed by atoms with Gasteiger partial charge in [-0.25, -0.2) is 8.42 Å². The molecular formula is C12H25NO4S. The zero-order chi connectivity index (χ0) is 13.3. The number of unbranched alkanes of at least 4 members (excludes halogenated alkanes) is 1. The third kappa shape index (κ3) is 7.31. The summed E-state index contributed by atoms with van der Waals surface area (Å²) in [5.41, 5.74) is 0. The highest BCUT2D eigenvalue weighted by Gasteiger charge is 2.26. The van der Waals surface area contributed by atoms with Crippen molar-refractivity contribution in [2.45, 2.75) is 32.2 Å². The Morgan fingerprint density at radius 1 is 1.17 bits per heavy atom. The van der Waals surface area contributed by atoms with Gasteiger partial charge in [-0.05, 0) is 12.8 Å². The molecule has 0 bridgehead atoms. The lowest BCUT2D eigenvalue weighted by atomic mass is 10.3. The molecule has 1 unspecified atom stereocenters. The quantitative estimate of drug-likeness (QED) is 0.593. The Balaban J connectivity index is 1.85. The van der Waals surface area contributed by atoms with Crippen molar-refractivity contribution in [2.75, 3.05) is 44.5 Å². The van der Waals surface area contributed by atoms with Crippen molar-refractivity contribution in [3.05, 3.63) is 0 Å². The average Bonchev–Trinajstić information content (AvgIpc) is 2.67. The molecule has 1 N–H and O–H groups in total. The zero-order valence-corrected chi connectivity index (χ0v) is 12.0. The first-order valence-corrected chi connectivity index (χ1v) is 8.55. The van der Waals surface area contributed by atoms with E-state index in [1.807, 2.05) is 0 Å². The molecule has 1 saturated heterocycles. The second-order valence-electron chi connectivity index (χ2n) is 4.63. The highest BCUT2D eigenvalue weighted by atomic mass is 32.2. The standard InChI is InChI=1S/C12H25NO4S/c1-2-3-6-16-8-9-17-7-5-13-12-4-10-18(14,15)11-12/h12-13H,2-11H2,1H3. The monoisotopic (exact) mass is 279 g/mol. The van der Waals surface area contributed by atoms with Crippen LogP contribution in [0.2, 0.25) is 0 Å². The molecule has 0 aliphatic carbocycles. The molecule has 1 rings (SSSR count). The zero-order valence-electron chi connectivity index (χ0n) is 11.2. The van der Waals surface area contributed by atoms with E-state index in [1.165, 1.54) is 0 Å². The van der Waals surface area contributed by atoms with Gasteiger partial charge in [0.25, 0.3) is 0 Å². The summed E-state index contributed by atoms with van der Waals surface area (Å²) in [4.78, 5) is 0. The van der Waals surface area contributed by atoms with Crippen molar-refractivity contribution in [3.63, 3.8) is 0 Å². The van der Waals surface area contributed by atoms with E-state index in [2.05, 4.69) is 12.2 Å². The minimum atomic E-state index is -2.78. The second-order valence-corrected chi connectivity index (χ2v) is 6.86. The number of hydrogen-bond donors (Lipinski definition) is 1. The fourth-order valence-electron chi connectivity index (χ4n) is 1.86. The molecule has 5 nitrogen and oxygen atoms in total. The van der Waals surface area contributed by atoms with Crippen LogP contribution in [0.3, 0.4) is 0 Å². The maximum Gasteiger partial charge on any atom is 0.151 e. The molecule has 0 amide bonds.